The van der Waals surface area contributed by atoms with Crippen LogP contribution in [0.4, 0.5) is 0 Å². The summed E-state index contributed by atoms with van der Waals surface area (Å²) in [5, 5.41) is 18.3. The van der Waals surface area contributed by atoms with Gasteiger partial charge in [0.15, 0.2) is 0 Å². The quantitative estimate of drug-likeness (QED) is 0.643. The van der Waals surface area contributed by atoms with Gasteiger partial charge in [-0.15, -0.1) is 0 Å². The molecule has 0 saturated carbocycles. The first-order valence-corrected chi connectivity index (χ1v) is 5.35. The van der Waals surface area contributed by atoms with Gasteiger partial charge < -0.3 is 10.2 Å². The van der Waals surface area contributed by atoms with Crippen LogP contribution >= 0.6 is 0 Å². The average molecular weight is 188 g/mol. The predicted molar refractivity (Wildman–Crippen MR) is 55.6 cm³/mol. The minimum absolute atomic E-state index is 0.159. The Hall–Kier alpha value is -0.0800. The summed E-state index contributed by atoms with van der Waals surface area (Å²) in [6.45, 7) is 6.66. The molecule has 0 aromatic heterocycles. The SMILES string of the molecule is CC(C)CC(O)CC(C)CCCO. The molecule has 0 aliphatic rings. The van der Waals surface area contributed by atoms with E-state index in [0.29, 0.717) is 11.8 Å². The number of hydrogen-bond donors (Lipinski definition) is 2. The van der Waals surface area contributed by atoms with E-state index in [0.717, 1.165) is 25.7 Å². The van der Waals surface area contributed by atoms with Crippen LogP contribution in [0.5, 0.6) is 0 Å². The summed E-state index contributed by atoms with van der Waals surface area (Å²) >= 11 is 0. The molecule has 2 N–H and O–H groups in total. The van der Waals surface area contributed by atoms with E-state index in [-0.39, 0.29) is 12.7 Å². The zero-order chi connectivity index (χ0) is 10.3. The first-order valence-electron chi connectivity index (χ1n) is 5.35. The van der Waals surface area contributed by atoms with Crippen molar-refractivity contribution < 1.29 is 10.2 Å². The summed E-state index contributed by atoms with van der Waals surface area (Å²) in [4.78, 5) is 0. The minimum atomic E-state index is -0.159. The zero-order valence-corrected chi connectivity index (χ0v) is 9.16. The lowest BCUT2D eigenvalue weighted by molar-refractivity contribution is 0.118. The van der Waals surface area contributed by atoms with Crippen molar-refractivity contribution in [3.8, 4) is 0 Å². The molecule has 0 heterocycles. The van der Waals surface area contributed by atoms with E-state index in [9.17, 15) is 5.11 Å². The van der Waals surface area contributed by atoms with Crippen molar-refractivity contribution in [3.05, 3.63) is 0 Å². The van der Waals surface area contributed by atoms with Gasteiger partial charge in [0.25, 0.3) is 0 Å². The molecule has 0 rings (SSSR count). The van der Waals surface area contributed by atoms with Gasteiger partial charge in [-0.1, -0.05) is 20.8 Å². The fraction of sp³-hybridized carbons (Fsp3) is 1.00. The normalized spacial score (nSPS) is 16.2. The van der Waals surface area contributed by atoms with Crippen molar-refractivity contribution in [2.75, 3.05) is 6.61 Å². The van der Waals surface area contributed by atoms with Crippen molar-refractivity contribution in [1.82, 2.24) is 0 Å². The monoisotopic (exact) mass is 188 g/mol. The van der Waals surface area contributed by atoms with E-state index in [4.69, 9.17) is 5.11 Å². The van der Waals surface area contributed by atoms with Crippen LogP contribution in [0.1, 0.15) is 46.5 Å². The minimum Gasteiger partial charge on any atom is -0.396 e. The molecule has 80 valence electrons. The van der Waals surface area contributed by atoms with Crippen molar-refractivity contribution in [1.29, 1.82) is 0 Å². The van der Waals surface area contributed by atoms with Gasteiger partial charge in [-0.05, 0) is 37.5 Å². The topological polar surface area (TPSA) is 40.5 Å². The molecule has 2 unspecified atom stereocenters. The van der Waals surface area contributed by atoms with E-state index in [1.807, 2.05) is 0 Å². The summed E-state index contributed by atoms with van der Waals surface area (Å²) in [6.07, 6.45) is 3.48. The molecular weight excluding hydrogens is 164 g/mol. The Bertz CT molecular complexity index is 113. The molecule has 2 heteroatoms. The largest absolute Gasteiger partial charge is 0.396 e. The molecule has 0 bridgehead atoms. The van der Waals surface area contributed by atoms with E-state index >= 15 is 0 Å². The second-order valence-electron chi connectivity index (χ2n) is 4.49. The van der Waals surface area contributed by atoms with Crippen LogP contribution in [0.15, 0.2) is 0 Å². The molecule has 0 aliphatic heterocycles. The van der Waals surface area contributed by atoms with Gasteiger partial charge in [-0.25, -0.2) is 0 Å². The van der Waals surface area contributed by atoms with Crippen LogP contribution < -0.4 is 0 Å². The second-order valence-corrected chi connectivity index (χ2v) is 4.49. The van der Waals surface area contributed by atoms with Crippen LogP contribution in [0, 0.1) is 11.8 Å². The van der Waals surface area contributed by atoms with Gasteiger partial charge in [0.05, 0.1) is 6.10 Å². The molecule has 0 amide bonds. The Kier molecular flexibility index (Phi) is 7.29. The molecular formula is C11H24O2. The third kappa shape index (κ3) is 8.26. The third-order valence-corrected chi connectivity index (χ3v) is 2.27. The fourth-order valence-electron chi connectivity index (χ4n) is 1.66. The van der Waals surface area contributed by atoms with Crippen molar-refractivity contribution in [2.24, 2.45) is 11.8 Å². The highest BCUT2D eigenvalue weighted by Gasteiger charge is 2.11. The van der Waals surface area contributed by atoms with Crippen molar-refractivity contribution in [2.45, 2.75) is 52.6 Å². The Morgan fingerprint density at radius 1 is 1.08 bits per heavy atom. The molecule has 0 aromatic rings. The van der Waals surface area contributed by atoms with E-state index in [2.05, 4.69) is 20.8 Å². The number of aliphatic hydroxyl groups is 2. The molecule has 0 spiro atoms. The number of rotatable bonds is 7. The molecule has 0 fully saturated rings. The van der Waals surface area contributed by atoms with E-state index < -0.39 is 0 Å². The van der Waals surface area contributed by atoms with Crippen molar-refractivity contribution >= 4 is 0 Å². The van der Waals surface area contributed by atoms with Gasteiger partial charge in [0.1, 0.15) is 0 Å². The summed E-state index contributed by atoms with van der Waals surface area (Å²) in [5.74, 6) is 1.10. The van der Waals surface area contributed by atoms with Crippen molar-refractivity contribution in [3.63, 3.8) is 0 Å². The third-order valence-electron chi connectivity index (χ3n) is 2.27. The van der Waals surface area contributed by atoms with Gasteiger partial charge in [-0.3, -0.25) is 0 Å². The van der Waals surface area contributed by atoms with Gasteiger partial charge >= 0.3 is 0 Å². The molecule has 13 heavy (non-hydrogen) atoms. The van der Waals surface area contributed by atoms with Gasteiger partial charge in [0.2, 0.25) is 0 Å². The van der Waals surface area contributed by atoms with Gasteiger partial charge in [0, 0.05) is 6.61 Å². The molecule has 0 saturated heterocycles. The Labute approximate surface area is 82.0 Å². The average Bonchev–Trinajstić information content (AvgIpc) is 1.98. The van der Waals surface area contributed by atoms with Crippen LogP contribution in [0.25, 0.3) is 0 Å². The van der Waals surface area contributed by atoms with Crippen LogP contribution in [-0.4, -0.2) is 22.9 Å². The molecule has 0 aliphatic carbocycles. The fourth-order valence-corrected chi connectivity index (χ4v) is 1.66. The highest BCUT2D eigenvalue weighted by molar-refractivity contribution is 4.63. The number of aliphatic hydroxyl groups excluding tert-OH is 2. The van der Waals surface area contributed by atoms with E-state index in [1.54, 1.807) is 0 Å². The molecule has 2 atom stereocenters. The Balaban J connectivity index is 3.46. The molecule has 0 radical (unpaired) electrons. The Morgan fingerprint density at radius 3 is 2.15 bits per heavy atom. The first kappa shape index (κ1) is 12.9. The zero-order valence-electron chi connectivity index (χ0n) is 9.16. The van der Waals surface area contributed by atoms with E-state index in [1.165, 1.54) is 0 Å². The molecule has 2 nitrogen and oxygen atoms in total. The highest BCUT2D eigenvalue weighted by atomic mass is 16.3. The summed E-state index contributed by atoms with van der Waals surface area (Å²) < 4.78 is 0. The lowest BCUT2D eigenvalue weighted by Gasteiger charge is -2.17. The second kappa shape index (κ2) is 7.34. The lowest BCUT2D eigenvalue weighted by atomic mass is 9.94. The van der Waals surface area contributed by atoms with Gasteiger partial charge in [-0.2, -0.15) is 0 Å². The summed E-state index contributed by atoms with van der Waals surface area (Å²) in [5.41, 5.74) is 0. The maximum absolute atomic E-state index is 9.63. The standard InChI is InChI=1S/C11H24O2/c1-9(2)7-11(13)8-10(3)5-4-6-12/h9-13H,4-8H2,1-3H3. The maximum atomic E-state index is 9.63. The van der Waals surface area contributed by atoms with Crippen LogP contribution in [0.3, 0.4) is 0 Å². The molecule has 0 aromatic carbocycles. The van der Waals surface area contributed by atoms with Crippen LogP contribution in [-0.2, 0) is 0 Å². The first-order chi connectivity index (χ1) is 6.06. The highest BCUT2D eigenvalue weighted by Crippen LogP contribution is 2.16. The number of hydrogen-bond acceptors (Lipinski definition) is 2. The summed E-state index contributed by atoms with van der Waals surface area (Å²) in [6, 6.07) is 0. The maximum Gasteiger partial charge on any atom is 0.0545 e. The predicted octanol–water partition coefficient (Wildman–Crippen LogP) is 2.19. The smallest absolute Gasteiger partial charge is 0.0545 e. The summed E-state index contributed by atoms with van der Waals surface area (Å²) in [7, 11) is 0. The lowest BCUT2D eigenvalue weighted by Crippen LogP contribution is -2.14. The Morgan fingerprint density at radius 2 is 1.69 bits per heavy atom. The van der Waals surface area contributed by atoms with Crippen LogP contribution in [0.2, 0.25) is 0 Å².